The van der Waals surface area contributed by atoms with E-state index in [2.05, 4.69) is 37.7 Å². The molecular formula is C15H18N2O. The van der Waals surface area contributed by atoms with Gasteiger partial charge in [0.05, 0.1) is 0 Å². The van der Waals surface area contributed by atoms with E-state index in [1.54, 1.807) is 12.4 Å². The fourth-order valence-electron chi connectivity index (χ4n) is 3.17. The Kier molecular flexibility index (Phi) is 2.05. The number of ketones is 1. The highest BCUT2D eigenvalue weighted by Crippen LogP contribution is 2.69. The largest absolute Gasteiger partial charge is 0.345 e. The van der Waals surface area contributed by atoms with Crippen molar-refractivity contribution in [2.24, 2.45) is 16.7 Å². The van der Waals surface area contributed by atoms with E-state index in [1.807, 2.05) is 12.1 Å². The second-order valence-corrected chi connectivity index (χ2v) is 6.34. The van der Waals surface area contributed by atoms with Gasteiger partial charge in [-0.15, -0.1) is 0 Å². The van der Waals surface area contributed by atoms with E-state index in [-0.39, 0.29) is 22.5 Å². The molecule has 1 aliphatic rings. The quantitative estimate of drug-likeness (QED) is 0.820. The van der Waals surface area contributed by atoms with E-state index in [1.165, 1.54) is 0 Å². The Morgan fingerprint density at radius 1 is 1.28 bits per heavy atom. The van der Waals surface area contributed by atoms with Crippen LogP contribution in [0.2, 0.25) is 0 Å². The minimum absolute atomic E-state index is 0.0793. The van der Waals surface area contributed by atoms with Gasteiger partial charge in [0.15, 0.2) is 5.78 Å². The van der Waals surface area contributed by atoms with Crippen molar-refractivity contribution in [3.05, 3.63) is 30.1 Å². The van der Waals surface area contributed by atoms with Crippen molar-refractivity contribution in [1.29, 1.82) is 0 Å². The average molecular weight is 242 g/mol. The third-order valence-corrected chi connectivity index (χ3v) is 5.00. The van der Waals surface area contributed by atoms with E-state index in [0.717, 1.165) is 16.6 Å². The summed E-state index contributed by atoms with van der Waals surface area (Å²) in [6, 6.07) is 3.82. The molecule has 1 fully saturated rings. The Morgan fingerprint density at radius 3 is 2.56 bits per heavy atom. The number of nitrogens with zero attached hydrogens (tertiary/aromatic N) is 1. The van der Waals surface area contributed by atoms with Crippen LogP contribution >= 0.6 is 0 Å². The number of rotatable bonds is 2. The second kappa shape index (κ2) is 3.22. The summed E-state index contributed by atoms with van der Waals surface area (Å²) in [5.74, 6) is 0.341. The Labute approximate surface area is 107 Å². The van der Waals surface area contributed by atoms with E-state index in [4.69, 9.17) is 0 Å². The minimum Gasteiger partial charge on any atom is -0.345 e. The zero-order valence-electron chi connectivity index (χ0n) is 11.2. The molecule has 0 atom stereocenters. The molecule has 2 aromatic heterocycles. The van der Waals surface area contributed by atoms with Crippen LogP contribution in [-0.2, 0) is 0 Å². The predicted molar refractivity (Wildman–Crippen MR) is 71.5 cm³/mol. The summed E-state index contributed by atoms with van der Waals surface area (Å²) < 4.78 is 0. The lowest BCUT2D eigenvalue weighted by atomic mass is 10.0. The van der Waals surface area contributed by atoms with Gasteiger partial charge in [0, 0.05) is 29.3 Å². The first-order valence-electron chi connectivity index (χ1n) is 6.33. The number of Topliss-reactive ketones (excluding diaryl/α,β-unsaturated/α-hetero) is 1. The van der Waals surface area contributed by atoms with Gasteiger partial charge in [-0.05, 0) is 23.0 Å². The van der Waals surface area contributed by atoms with Crippen LogP contribution < -0.4 is 0 Å². The molecule has 0 bridgehead atoms. The predicted octanol–water partition coefficient (Wildman–Crippen LogP) is 3.43. The number of hydrogen-bond donors (Lipinski definition) is 1. The standard InChI is InChI=1S/C15H18N2O/c1-14(2)12(15(14,3)4)11(18)10-8-17-13-9(10)6-5-7-16-13/h5-8,12H,1-4H3,(H,16,17). The fraction of sp³-hybridized carbons (Fsp3) is 0.467. The molecule has 3 rings (SSSR count). The van der Waals surface area contributed by atoms with Crippen molar-refractivity contribution in [2.75, 3.05) is 0 Å². The highest BCUT2D eigenvalue weighted by Gasteiger charge is 2.68. The van der Waals surface area contributed by atoms with Crippen LogP contribution in [0.1, 0.15) is 38.1 Å². The monoisotopic (exact) mass is 242 g/mol. The number of nitrogens with one attached hydrogen (secondary N) is 1. The van der Waals surface area contributed by atoms with Crippen LogP contribution in [0.15, 0.2) is 24.5 Å². The van der Waals surface area contributed by atoms with Gasteiger partial charge in [0.1, 0.15) is 5.65 Å². The van der Waals surface area contributed by atoms with Crippen molar-refractivity contribution < 1.29 is 4.79 Å². The molecule has 1 N–H and O–H groups in total. The van der Waals surface area contributed by atoms with Gasteiger partial charge in [-0.2, -0.15) is 0 Å². The van der Waals surface area contributed by atoms with Crippen molar-refractivity contribution in [3.8, 4) is 0 Å². The zero-order chi connectivity index (χ0) is 13.1. The van der Waals surface area contributed by atoms with E-state index in [9.17, 15) is 4.79 Å². The maximum absolute atomic E-state index is 12.7. The summed E-state index contributed by atoms with van der Waals surface area (Å²) in [6.07, 6.45) is 3.53. The zero-order valence-corrected chi connectivity index (χ0v) is 11.2. The van der Waals surface area contributed by atoms with Crippen LogP contribution in [0, 0.1) is 16.7 Å². The molecule has 1 aliphatic carbocycles. The molecule has 3 nitrogen and oxygen atoms in total. The number of aromatic nitrogens is 2. The molecule has 1 saturated carbocycles. The SMILES string of the molecule is CC1(C)C(C(=O)c2c[nH]c3ncccc23)C1(C)C. The summed E-state index contributed by atoms with van der Waals surface area (Å²) in [7, 11) is 0. The summed E-state index contributed by atoms with van der Waals surface area (Å²) in [5, 5.41) is 0.931. The molecule has 18 heavy (non-hydrogen) atoms. The maximum atomic E-state index is 12.7. The third kappa shape index (κ3) is 1.25. The third-order valence-electron chi connectivity index (χ3n) is 5.00. The Balaban J connectivity index is 2.05. The first-order chi connectivity index (χ1) is 8.37. The normalized spacial score (nSPS) is 21.1. The lowest BCUT2D eigenvalue weighted by molar-refractivity contribution is 0.0947. The Morgan fingerprint density at radius 2 is 1.94 bits per heavy atom. The molecule has 0 spiro atoms. The van der Waals surface area contributed by atoms with Gasteiger partial charge in [-0.1, -0.05) is 27.7 Å². The first kappa shape index (κ1) is 11.5. The van der Waals surface area contributed by atoms with Crippen LogP contribution in [0.3, 0.4) is 0 Å². The van der Waals surface area contributed by atoms with E-state index in [0.29, 0.717) is 0 Å². The number of aromatic amines is 1. The highest BCUT2D eigenvalue weighted by atomic mass is 16.1. The summed E-state index contributed by atoms with van der Waals surface area (Å²) in [6.45, 7) is 8.68. The summed E-state index contributed by atoms with van der Waals surface area (Å²) >= 11 is 0. The van der Waals surface area contributed by atoms with Crippen molar-refractivity contribution in [2.45, 2.75) is 27.7 Å². The van der Waals surface area contributed by atoms with Crippen LogP contribution in [-0.4, -0.2) is 15.8 Å². The van der Waals surface area contributed by atoms with Crippen LogP contribution in [0.25, 0.3) is 11.0 Å². The number of pyridine rings is 1. The lowest BCUT2D eigenvalue weighted by Crippen LogP contribution is -2.06. The number of carbonyl (C=O) groups excluding carboxylic acids is 1. The molecule has 0 saturated heterocycles. The highest BCUT2D eigenvalue weighted by molar-refractivity contribution is 6.10. The van der Waals surface area contributed by atoms with Gasteiger partial charge in [0.2, 0.25) is 0 Å². The topological polar surface area (TPSA) is 45.8 Å². The number of fused-ring (bicyclic) bond motifs is 1. The first-order valence-corrected chi connectivity index (χ1v) is 6.33. The molecule has 0 amide bonds. The molecule has 2 heterocycles. The van der Waals surface area contributed by atoms with Crippen LogP contribution in [0.5, 0.6) is 0 Å². The van der Waals surface area contributed by atoms with Gasteiger partial charge >= 0.3 is 0 Å². The van der Waals surface area contributed by atoms with Gasteiger partial charge in [-0.25, -0.2) is 4.98 Å². The molecular weight excluding hydrogens is 224 g/mol. The second-order valence-electron chi connectivity index (χ2n) is 6.34. The fourth-order valence-corrected chi connectivity index (χ4v) is 3.17. The molecule has 2 aromatic rings. The van der Waals surface area contributed by atoms with Gasteiger partial charge in [0.25, 0.3) is 0 Å². The van der Waals surface area contributed by atoms with Gasteiger partial charge in [-0.3, -0.25) is 4.79 Å². The molecule has 0 radical (unpaired) electrons. The summed E-state index contributed by atoms with van der Waals surface area (Å²) in [5.41, 5.74) is 1.73. The summed E-state index contributed by atoms with van der Waals surface area (Å²) in [4.78, 5) is 20.0. The molecule has 0 unspecified atom stereocenters. The molecule has 94 valence electrons. The lowest BCUT2D eigenvalue weighted by Gasteiger charge is -2.03. The van der Waals surface area contributed by atoms with Crippen molar-refractivity contribution in [1.82, 2.24) is 9.97 Å². The van der Waals surface area contributed by atoms with E-state index < -0.39 is 0 Å². The molecule has 0 aliphatic heterocycles. The number of H-pyrrole nitrogens is 1. The average Bonchev–Trinajstić information content (AvgIpc) is 2.66. The van der Waals surface area contributed by atoms with Gasteiger partial charge < -0.3 is 4.98 Å². The Hall–Kier alpha value is -1.64. The maximum Gasteiger partial charge on any atom is 0.169 e. The molecule has 0 aromatic carbocycles. The molecule has 3 heteroatoms. The Bertz CT molecular complexity index is 623. The number of carbonyl (C=O) groups is 1. The smallest absolute Gasteiger partial charge is 0.169 e. The number of hydrogen-bond acceptors (Lipinski definition) is 2. The van der Waals surface area contributed by atoms with E-state index >= 15 is 0 Å². The minimum atomic E-state index is 0.0793. The van der Waals surface area contributed by atoms with Crippen LogP contribution in [0.4, 0.5) is 0 Å². The van der Waals surface area contributed by atoms with Crippen molar-refractivity contribution in [3.63, 3.8) is 0 Å². The van der Waals surface area contributed by atoms with Crippen molar-refractivity contribution >= 4 is 16.8 Å².